The Hall–Kier alpha value is -1.78. The maximum Gasteiger partial charge on any atom is 0.312 e. The lowest BCUT2D eigenvalue weighted by Crippen LogP contribution is -2.12. The number of unbranched alkanes of at least 4 members (excludes halogenated alkanes) is 2. The van der Waals surface area contributed by atoms with E-state index < -0.39 is 0 Å². The average molecular weight is 404 g/mol. The fraction of sp³-hybridized carbons (Fsp3) is 0.522. The Morgan fingerprint density at radius 3 is 2.64 bits per heavy atom. The van der Waals surface area contributed by atoms with E-state index in [1.54, 1.807) is 0 Å². The van der Waals surface area contributed by atoms with Gasteiger partial charge in [-0.3, -0.25) is 4.79 Å². The van der Waals surface area contributed by atoms with Gasteiger partial charge in [-0.2, -0.15) is 0 Å². The summed E-state index contributed by atoms with van der Waals surface area (Å²) in [6.07, 6.45) is 5.99. The molecule has 4 nitrogen and oxygen atoms in total. The number of benzene rings is 1. The number of carbonyl (C=O) groups is 1. The molecular formula is C23H30ClNO3. The third-order valence-electron chi connectivity index (χ3n) is 5.62. The van der Waals surface area contributed by atoms with Crippen molar-refractivity contribution in [3.8, 4) is 0 Å². The highest BCUT2D eigenvalue weighted by atomic mass is 35.5. The molecule has 0 bridgehead atoms. The second-order valence-electron chi connectivity index (χ2n) is 8.19. The number of nitrogens with one attached hydrogen (secondary N) is 1. The van der Waals surface area contributed by atoms with Crippen LogP contribution in [0.2, 0.25) is 5.02 Å². The minimum atomic E-state index is -0.177. The van der Waals surface area contributed by atoms with Gasteiger partial charge in [0.05, 0.1) is 17.7 Å². The van der Waals surface area contributed by atoms with Crippen LogP contribution >= 0.6 is 11.6 Å². The van der Waals surface area contributed by atoms with E-state index in [1.807, 2.05) is 36.5 Å². The summed E-state index contributed by atoms with van der Waals surface area (Å²) < 4.78 is 11.6. The third kappa shape index (κ3) is 4.98. The van der Waals surface area contributed by atoms with Gasteiger partial charge in [0.2, 0.25) is 0 Å². The zero-order valence-electron chi connectivity index (χ0n) is 17.0. The molecule has 5 heteroatoms. The normalized spacial score (nSPS) is 20.1. The van der Waals surface area contributed by atoms with E-state index >= 15 is 0 Å². The first-order valence-corrected chi connectivity index (χ1v) is 10.5. The molecule has 1 N–H and O–H groups in total. The molecule has 1 saturated carbocycles. The second-order valence-corrected chi connectivity index (χ2v) is 8.63. The first-order chi connectivity index (χ1) is 13.4. The molecule has 2 atom stereocenters. The summed E-state index contributed by atoms with van der Waals surface area (Å²) >= 11 is 5.95. The molecular weight excluding hydrogens is 374 g/mol. The molecule has 28 heavy (non-hydrogen) atoms. The number of halogens is 1. The number of ether oxygens (including phenoxy) is 2. The summed E-state index contributed by atoms with van der Waals surface area (Å²) in [6, 6.07) is 9.83. The molecule has 2 unspecified atom stereocenters. The molecule has 1 fully saturated rings. The molecule has 1 heterocycles. The summed E-state index contributed by atoms with van der Waals surface area (Å²) in [5.74, 6) is -0.346. The van der Waals surface area contributed by atoms with E-state index in [4.69, 9.17) is 21.1 Å². The quantitative estimate of drug-likeness (QED) is 0.419. The predicted molar refractivity (Wildman–Crippen MR) is 111 cm³/mol. The largest absolute Gasteiger partial charge is 0.459 e. The van der Waals surface area contributed by atoms with Crippen LogP contribution in [0.5, 0.6) is 0 Å². The van der Waals surface area contributed by atoms with Gasteiger partial charge in [0, 0.05) is 23.2 Å². The summed E-state index contributed by atoms with van der Waals surface area (Å²) in [7, 11) is 0. The predicted octanol–water partition coefficient (Wildman–Crippen LogP) is 5.53. The van der Waals surface area contributed by atoms with Gasteiger partial charge in [0.25, 0.3) is 0 Å². The Labute approximate surface area is 172 Å². The van der Waals surface area contributed by atoms with E-state index in [9.17, 15) is 4.79 Å². The van der Waals surface area contributed by atoms with E-state index in [0.717, 1.165) is 42.0 Å². The van der Waals surface area contributed by atoms with Crippen molar-refractivity contribution in [2.24, 2.45) is 11.3 Å². The van der Waals surface area contributed by atoms with Gasteiger partial charge in [-0.15, -0.1) is 0 Å². The molecule has 1 aliphatic rings. The molecule has 1 aromatic carbocycles. The summed E-state index contributed by atoms with van der Waals surface area (Å²) in [5.41, 5.74) is 3.07. The number of esters is 1. The molecule has 2 aromatic rings. The average Bonchev–Trinajstić information content (AvgIpc) is 2.99. The van der Waals surface area contributed by atoms with Crippen molar-refractivity contribution in [2.45, 2.75) is 59.2 Å². The van der Waals surface area contributed by atoms with Crippen LogP contribution in [0.15, 0.2) is 36.5 Å². The number of H-pyrrole nitrogens is 1. The van der Waals surface area contributed by atoms with Crippen LogP contribution in [0.4, 0.5) is 0 Å². The van der Waals surface area contributed by atoms with Crippen LogP contribution < -0.4 is 0 Å². The first kappa shape index (κ1) is 20.9. The van der Waals surface area contributed by atoms with Crippen molar-refractivity contribution in [3.63, 3.8) is 0 Å². The number of carbonyl (C=O) groups excluding carboxylic acids is 1. The Bertz CT molecular complexity index is 781. The van der Waals surface area contributed by atoms with Gasteiger partial charge in [-0.25, -0.2) is 0 Å². The van der Waals surface area contributed by atoms with Crippen molar-refractivity contribution in [1.82, 2.24) is 4.98 Å². The van der Waals surface area contributed by atoms with Gasteiger partial charge in [-0.1, -0.05) is 57.3 Å². The molecule has 0 amide bonds. The molecule has 3 rings (SSSR count). The highest BCUT2D eigenvalue weighted by molar-refractivity contribution is 6.30. The van der Waals surface area contributed by atoms with Crippen molar-refractivity contribution in [1.29, 1.82) is 0 Å². The number of hydrogen-bond donors (Lipinski definition) is 1. The highest BCUT2D eigenvalue weighted by Gasteiger charge is 2.64. The van der Waals surface area contributed by atoms with Gasteiger partial charge >= 0.3 is 5.97 Å². The number of rotatable bonds is 10. The fourth-order valence-corrected chi connectivity index (χ4v) is 3.81. The number of aromatic amines is 1. The molecule has 1 aromatic heterocycles. The van der Waals surface area contributed by atoms with Gasteiger partial charge < -0.3 is 14.5 Å². The van der Waals surface area contributed by atoms with E-state index in [2.05, 4.69) is 25.8 Å². The Morgan fingerprint density at radius 2 is 1.93 bits per heavy atom. The standard InChI is InChI=1S/C23H30ClNO3/c1-4-5-6-13-27-21-20(23(21,2)3)22(26)28-15-19-17(11-12-25-19)14-16-7-9-18(24)10-8-16/h7-12,20-21,25H,4-6,13-15H2,1-3H3. The fourth-order valence-electron chi connectivity index (χ4n) is 3.68. The van der Waals surface area contributed by atoms with Crippen LogP contribution in [0.1, 0.15) is 56.9 Å². The van der Waals surface area contributed by atoms with Gasteiger partial charge in [0.15, 0.2) is 0 Å². The van der Waals surface area contributed by atoms with Crippen LogP contribution in [-0.2, 0) is 27.3 Å². The van der Waals surface area contributed by atoms with E-state index in [0.29, 0.717) is 6.61 Å². The van der Waals surface area contributed by atoms with Crippen molar-refractivity contribution < 1.29 is 14.3 Å². The molecule has 152 valence electrons. The molecule has 0 aliphatic heterocycles. The summed E-state index contributed by atoms with van der Waals surface area (Å²) in [6.45, 7) is 7.29. The number of hydrogen-bond acceptors (Lipinski definition) is 3. The van der Waals surface area contributed by atoms with Gasteiger partial charge in [0.1, 0.15) is 6.61 Å². The monoisotopic (exact) mass is 403 g/mol. The SMILES string of the molecule is CCCCCOC1C(C(=O)OCc2[nH]ccc2Cc2ccc(Cl)cc2)C1(C)C. The lowest BCUT2D eigenvalue weighted by Gasteiger charge is -2.07. The Morgan fingerprint density at radius 1 is 1.18 bits per heavy atom. The van der Waals surface area contributed by atoms with Crippen LogP contribution in [0, 0.1) is 11.3 Å². The first-order valence-electron chi connectivity index (χ1n) is 10.1. The molecule has 1 aliphatic carbocycles. The zero-order valence-corrected chi connectivity index (χ0v) is 17.7. The van der Waals surface area contributed by atoms with Crippen molar-refractivity contribution >= 4 is 17.6 Å². The number of aromatic nitrogens is 1. The minimum Gasteiger partial charge on any atom is -0.459 e. The lowest BCUT2D eigenvalue weighted by atomic mass is 10.1. The Kier molecular flexibility index (Phi) is 6.84. The van der Waals surface area contributed by atoms with Crippen molar-refractivity contribution in [2.75, 3.05) is 6.61 Å². The minimum absolute atomic E-state index is 0.0333. The zero-order chi connectivity index (χ0) is 20.1. The van der Waals surface area contributed by atoms with Gasteiger partial charge in [-0.05, 0) is 42.2 Å². The van der Waals surface area contributed by atoms with Crippen molar-refractivity contribution in [3.05, 3.63) is 58.4 Å². The van der Waals surface area contributed by atoms with E-state index in [-0.39, 0.29) is 30.0 Å². The van der Waals surface area contributed by atoms with E-state index in [1.165, 1.54) is 5.56 Å². The molecule has 0 radical (unpaired) electrons. The smallest absolute Gasteiger partial charge is 0.312 e. The molecule has 0 spiro atoms. The second kappa shape index (κ2) is 9.15. The maximum atomic E-state index is 12.6. The highest BCUT2D eigenvalue weighted by Crippen LogP contribution is 2.54. The van der Waals surface area contributed by atoms with Crippen LogP contribution in [0.3, 0.4) is 0 Å². The third-order valence-corrected chi connectivity index (χ3v) is 5.88. The van der Waals surface area contributed by atoms with Crippen LogP contribution in [-0.4, -0.2) is 23.7 Å². The Balaban J connectivity index is 1.51. The lowest BCUT2D eigenvalue weighted by molar-refractivity contribution is -0.148. The topological polar surface area (TPSA) is 51.3 Å². The summed E-state index contributed by atoms with van der Waals surface area (Å²) in [5, 5.41) is 0.727. The maximum absolute atomic E-state index is 12.6. The summed E-state index contributed by atoms with van der Waals surface area (Å²) in [4.78, 5) is 15.8. The molecule has 0 saturated heterocycles. The van der Waals surface area contributed by atoms with Crippen LogP contribution in [0.25, 0.3) is 0 Å².